The molecule has 0 fully saturated rings. The number of alkyl halides is 3. The van der Waals surface area contributed by atoms with Gasteiger partial charge in [0.2, 0.25) is 0 Å². The van der Waals surface area contributed by atoms with Gasteiger partial charge in [0.05, 0.1) is 17.2 Å². The Morgan fingerprint density at radius 3 is 2.41 bits per heavy atom. The minimum atomic E-state index is -4.56. The lowest BCUT2D eigenvalue weighted by Gasteiger charge is -2.16. The molecular formula is C20H20F3NO3. The number of carbonyl (C=O) groups is 2. The van der Waals surface area contributed by atoms with Crippen molar-refractivity contribution in [3.05, 3.63) is 70.3 Å². The van der Waals surface area contributed by atoms with Gasteiger partial charge in [0.25, 0.3) is 5.91 Å². The molecule has 1 atom stereocenters. The molecule has 7 heteroatoms. The molecule has 0 radical (unpaired) electrons. The van der Waals surface area contributed by atoms with Crippen LogP contribution < -0.4 is 5.32 Å². The number of carbonyl (C=O) groups excluding carboxylic acids is 2. The van der Waals surface area contributed by atoms with Gasteiger partial charge in [0, 0.05) is 0 Å². The topological polar surface area (TPSA) is 55.4 Å². The van der Waals surface area contributed by atoms with Crippen LogP contribution in [0.15, 0.2) is 42.5 Å². The summed E-state index contributed by atoms with van der Waals surface area (Å²) in [6.07, 6.45) is -4.56. The molecule has 2 aromatic carbocycles. The molecule has 1 unspecified atom stereocenters. The SMILES string of the molecule is Cc1ccc(C(C)NC(=O)COC(=O)c2cccc(C(F)(F)F)c2)cc1C. The molecule has 0 bridgehead atoms. The molecule has 0 aliphatic rings. The fourth-order valence-electron chi connectivity index (χ4n) is 2.44. The number of hydrogen-bond donors (Lipinski definition) is 1. The van der Waals surface area contributed by atoms with E-state index in [1.54, 1.807) is 6.92 Å². The first-order valence-electron chi connectivity index (χ1n) is 8.29. The van der Waals surface area contributed by atoms with Gasteiger partial charge in [-0.05, 0) is 55.7 Å². The summed E-state index contributed by atoms with van der Waals surface area (Å²) < 4.78 is 42.9. The molecule has 2 aromatic rings. The Hall–Kier alpha value is -2.83. The number of nitrogens with one attached hydrogen (secondary N) is 1. The lowest BCUT2D eigenvalue weighted by molar-refractivity contribution is -0.137. The first kappa shape index (κ1) is 20.5. The van der Waals surface area contributed by atoms with Crippen LogP contribution in [0.1, 0.15) is 45.6 Å². The predicted molar refractivity (Wildman–Crippen MR) is 94.2 cm³/mol. The van der Waals surface area contributed by atoms with E-state index in [9.17, 15) is 22.8 Å². The van der Waals surface area contributed by atoms with E-state index in [4.69, 9.17) is 4.74 Å². The summed E-state index contributed by atoms with van der Waals surface area (Å²) in [6, 6.07) is 9.35. The molecule has 0 heterocycles. The Labute approximate surface area is 155 Å². The number of aryl methyl sites for hydroxylation is 2. The maximum absolute atomic E-state index is 12.7. The first-order valence-corrected chi connectivity index (χ1v) is 8.29. The third-order valence-corrected chi connectivity index (χ3v) is 4.17. The average Bonchev–Trinajstić information content (AvgIpc) is 2.61. The molecule has 0 aliphatic heterocycles. The van der Waals surface area contributed by atoms with Gasteiger partial charge in [-0.3, -0.25) is 4.79 Å². The Morgan fingerprint density at radius 2 is 1.78 bits per heavy atom. The average molecular weight is 379 g/mol. The Balaban J connectivity index is 1.93. The summed E-state index contributed by atoms with van der Waals surface area (Å²) in [5.41, 5.74) is 1.90. The Morgan fingerprint density at radius 1 is 1.07 bits per heavy atom. The Kier molecular flexibility index (Phi) is 6.25. The summed E-state index contributed by atoms with van der Waals surface area (Å²) in [5.74, 6) is -1.53. The molecule has 144 valence electrons. The zero-order valence-corrected chi connectivity index (χ0v) is 15.2. The third kappa shape index (κ3) is 5.57. The lowest BCUT2D eigenvalue weighted by atomic mass is 10.0. The lowest BCUT2D eigenvalue weighted by Crippen LogP contribution is -2.31. The number of rotatable bonds is 5. The number of ether oxygens (including phenoxy) is 1. The van der Waals surface area contributed by atoms with Crippen molar-refractivity contribution >= 4 is 11.9 Å². The van der Waals surface area contributed by atoms with E-state index in [0.29, 0.717) is 6.07 Å². The van der Waals surface area contributed by atoms with E-state index in [1.807, 2.05) is 32.0 Å². The van der Waals surface area contributed by atoms with Crippen molar-refractivity contribution in [2.24, 2.45) is 0 Å². The molecule has 2 rings (SSSR count). The van der Waals surface area contributed by atoms with Gasteiger partial charge in [-0.1, -0.05) is 24.3 Å². The van der Waals surface area contributed by atoms with Crippen molar-refractivity contribution in [3.63, 3.8) is 0 Å². The molecule has 4 nitrogen and oxygen atoms in total. The molecule has 0 aliphatic carbocycles. The minimum Gasteiger partial charge on any atom is -0.452 e. The number of halogens is 3. The van der Waals surface area contributed by atoms with Crippen LogP contribution in [0.25, 0.3) is 0 Å². The summed E-state index contributed by atoms with van der Waals surface area (Å²) in [7, 11) is 0. The van der Waals surface area contributed by atoms with Crippen LogP contribution in [0.2, 0.25) is 0 Å². The second-order valence-electron chi connectivity index (χ2n) is 6.29. The van der Waals surface area contributed by atoms with Crippen molar-refractivity contribution < 1.29 is 27.5 Å². The van der Waals surface area contributed by atoms with Crippen molar-refractivity contribution in [2.45, 2.75) is 33.0 Å². The van der Waals surface area contributed by atoms with Crippen LogP contribution in [0.5, 0.6) is 0 Å². The largest absolute Gasteiger partial charge is 0.452 e. The highest BCUT2D eigenvalue weighted by Gasteiger charge is 2.31. The molecular weight excluding hydrogens is 359 g/mol. The molecule has 0 saturated heterocycles. The molecule has 0 spiro atoms. The number of esters is 1. The van der Waals surface area contributed by atoms with Crippen molar-refractivity contribution in [1.82, 2.24) is 5.32 Å². The van der Waals surface area contributed by atoms with Gasteiger partial charge in [0.1, 0.15) is 0 Å². The monoisotopic (exact) mass is 379 g/mol. The van der Waals surface area contributed by atoms with Gasteiger partial charge in [-0.2, -0.15) is 13.2 Å². The number of benzene rings is 2. The van der Waals surface area contributed by atoms with Crippen molar-refractivity contribution in [1.29, 1.82) is 0 Å². The molecule has 0 aromatic heterocycles. The van der Waals surface area contributed by atoms with Crippen LogP contribution >= 0.6 is 0 Å². The maximum atomic E-state index is 12.7. The standard InChI is InChI=1S/C20H20F3NO3/c1-12-7-8-15(9-13(12)2)14(3)24-18(25)11-27-19(26)16-5-4-6-17(10-16)20(21,22)23/h4-10,14H,11H2,1-3H3,(H,24,25). The molecule has 1 amide bonds. The van der Waals surface area contributed by atoms with Gasteiger partial charge in [-0.25, -0.2) is 4.79 Å². The quantitative estimate of drug-likeness (QED) is 0.786. The van der Waals surface area contributed by atoms with Crippen LogP contribution in [-0.2, 0) is 15.7 Å². The van der Waals surface area contributed by atoms with Gasteiger partial charge in [0.15, 0.2) is 6.61 Å². The normalized spacial score (nSPS) is 12.4. The van der Waals surface area contributed by atoms with E-state index in [1.165, 1.54) is 6.07 Å². The summed E-state index contributed by atoms with van der Waals surface area (Å²) in [6.45, 7) is 5.15. The van der Waals surface area contributed by atoms with E-state index < -0.39 is 30.2 Å². The zero-order chi connectivity index (χ0) is 20.2. The fraction of sp³-hybridized carbons (Fsp3) is 0.300. The Bertz CT molecular complexity index is 847. The summed E-state index contributed by atoms with van der Waals surface area (Å²) in [5, 5.41) is 2.69. The van der Waals surface area contributed by atoms with Crippen LogP contribution in [0.3, 0.4) is 0 Å². The number of hydrogen-bond acceptors (Lipinski definition) is 3. The maximum Gasteiger partial charge on any atom is 0.416 e. The second-order valence-corrected chi connectivity index (χ2v) is 6.29. The van der Waals surface area contributed by atoms with Crippen LogP contribution in [0, 0.1) is 13.8 Å². The van der Waals surface area contributed by atoms with Gasteiger partial charge < -0.3 is 10.1 Å². The summed E-state index contributed by atoms with van der Waals surface area (Å²) >= 11 is 0. The fourth-order valence-corrected chi connectivity index (χ4v) is 2.44. The zero-order valence-electron chi connectivity index (χ0n) is 15.2. The predicted octanol–water partition coefficient (Wildman–Crippen LogP) is 4.36. The molecule has 27 heavy (non-hydrogen) atoms. The number of amides is 1. The van der Waals surface area contributed by atoms with Crippen LogP contribution in [-0.4, -0.2) is 18.5 Å². The highest BCUT2D eigenvalue weighted by molar-refractivity contribution is 5.91. The van der Waals surface area contributed by atoms with E-state index in [-0.39, 0.29) is 11.6 Å². The third-order valence-electron chi connectivity index (χ3n) is 4.17. The van der Waals surface area contributed by atoms with Crippen LogP contribution in [0.4, 0.5) is 13.2 Å². The van der Waals surface area contributed by atoms with Crippen molar-refractivity contribution in [2.75, 3.05) is 6.61 Å². The highest BCUT2D eigenvalue weighted by atomic mass is 19.4. The van der Waals surface area contributed by atoms with Gasteiger partial charge in [-0.15, -0.1) is 0 Å². The van der Waals surface area contributed by atoms with E-state index in [2.05, 4.69) is 5.32 Å². The second kappa shape index (κ2) is 8.24. The van der Waals surface area contributed by atoms with E-state index >= 15 is 0 Å². The van der Waals surface area contributed by atoms with E-state index in [0.717, 1.165) is 28.8 Å². The summed E-state index contributed by atoms with van der Waals surface area (Å²) in [4.78, 5) is 23.9. The first-order chi connectivity index (χ1) is 12.6. The van der Waals surface area contributed by atoms with Gasteiger partial charge >= 0.3 is 12.1 Å². The smallest absolute Gasteiger partial charge is 0.416 e. The molecule has 0 saturated carbocycles. The van der Waals surface area contributed by atoms with Crippen molar-refractivity contribution in [3.8, 4) is 0 Å². The highest BCUT2D eigenvalue weighted by Crippen LogP contribution is 2.29. The molecule has 1 N–H and O–H groups in total. The minimum absolute atomic E-state index is 0.264.